The number of nitrogens with two attached hydrogens (primary N) is 1. The Morgan fingerprint density at radius 2 is 2.09 bits per heavy atom. The fraction of sp³-hybridized carbons (Fsp3) is 0.267. The summed E-state index contributed by atoms with van der Waals surface area (Å²) in [6, 6.07) is 9.37. The molecule has 8 heteroatoms. The zero-order chi connectivity index (χ0) is 16.4. The molecule has 0 saturated heterocycles. The Bertz CT molecular complexity index is 758. The number of hydrogen-bond acceptors (Lipinski definition) is 4. The monoisotopic (exact) mass is 333 g/mol. The van der Waals surface area contributed by atoms with Crippen molar-refractivity contribution in [3.63, 3.8) is 0 Å². The summed E-state index contributed by atoms with van der Waals surface area (Å²) in [5, 5.41) is 7.70. The Morgan fingerprint density at radius 3 is 2.83 bits per heavy atom. The molecule has 1 aromatic heterocycles. The molecule has 3 rings (SSSR count). The minimum absolute atomic E-state index is 0.0219. The maximum atomic E-state index is 11.7. The van der Waals surface area contributed by atoms with E-state index < -0.39 is 5.91 Å². The number of fused-ring (bicyclic) bond motifs is 1. The number of rotatable bonds is 5. The van der Waals surface area contributed by atoms with E-state index in [0.29, 0.717) is 10.8 Å². The highest BCUT2D eigenvalue weighted by atomic mass is 35.5. The largest absolute Gasteiger partial charge is 0.370 e. The SMILES string of the molecule is NC(=O)CCC(=O)Nc1cc2n(n1)CCN2c1cccc(Cl)c1. The van der Waals surface area contributed by atoms with Crippen molar-refractivity contribution < 1.29 is 9.59 Å². The van der Waals surface area contributed by atoms with Gasteiger partial charge in [-0.2, -0.15) is 5.10 Å². The van der Waals surface area contributed by atoms with Crippen molar-refractivity contribution in [3.8, 4) is 0 Å². The van der Waals surface area contributed by atoms with Crippen molar-refractivity contribution in [3.05, 3.63) is 35.4 Å². The number of halogens is 1. The van der Waals surface area contributed by atoms with E-state index in [0.717, 1.165) is 24.6 Å². The molecule has 2 heterocycles. The highest BCUT2D eigenvalue weighted by Crippen LogP contribution is 2.32. The van der Waals surface area contributed by atoms with Gasteiger partial charge in [-0.05, 0) is 18.2 Å². The maximum Gasteiger partial charge on any atom is 0.226 e. The molecule has 0 spiro atoms. The molecule has 0 bridgehead atoms. The van der Waals surface area contributed by atoms with Crippen molar-refractivity contribution in [2.75, 3.05) is 16.8 Å². The van der Waals surface area contributed by atoms with Crippen LogP contribution in [0.2, 0.25) is 5.02 Å². The third-order valence-electron chi connectivity index (χ3n) is 3.56. The minimum Gasteiger partial charge on any atom is -0.370 e. The van der Waals surface area contributed by atoms with Gasteiger partial charge in [0.05, 0.1) is 6.54 Å². The van der Waals surface area contributed by atoms with Gasteiger partial charge >= 0.3 is 0 Å². The Morgan fingerprint density at radius 1 is 1.26 bits per heavy atom. The van der Waals surface area contributed by atoms with Crippen LogP contribution in [0.4, 0.5) is 17.3 Å². The molecule has 0 radical (unpaired) electrons. The van der Waals surface area contributed by atoms with Crippen molar-refractivity contribution in [1.29, 1.82) is 0 Å². The fourth-order valence-electron chi connectivity index (χ4n) is 2.51. The van der Waals surface area contributed by atoms with Gasteiger partial charge in [0.15, 0.2) is 5.82 Å². The summed E-state index contributed by atoms with van der Waals surface area (Å²) < 4.78 is 1.82. The molecule has 0 atom stereocenters. The summed E-state index contributed by atoms with van der Waals surface area (Å²) in [7, 11) is 0. The number of amides is 2. The highest BCUT2D eigenvalue weighted by molar-refractivity contribution is 6.30. The molecule has 0 fully saturated rings. The zero-order valence-corrected chi connectivity index (χ0v) is 13.1. The first-order valence-corrected chi connectivity index (χ1v) is 7.60. The second-order valence-electron chi connectivity index (χ2n) is 5.26. The topological polar surface area (TPSA) is 93.2 Å². The number of nitrogens with one attached hydrogen (secondary N) is 1. The Kier molecular flexibility index (Phi) is 4.20. The minimum atomic E-state index is -0.500. The van der Waals surface area contributed by atoms with Crippen molar-refractivity contribution in [1.82, 2.24) is 9.78 Å². The first-order chi connectivity index (χ1) is 11.0. The second-order valence-corrected chi connectivity index (χ2v) is 5.69. The van der Waals surface area contributed by atoms with E-state index in [1.807, 2.05) is 28.9 Å². The van der Waals surface area contributed by atoms with Gasteiger partial charge in [0.25, 0.3) is 0 Å². The van der Waals surface area contributed by atoms with Gasteiger partial charge in [0.2, 0.25) is 11.8 Å². The van der Waals surface area contributed by atoms with Gasteiger partial charge in [0.1, 0.15) is 5.82 Å². The van der Waals surface area contributed by atoms with Gasteiger partial charge in [-0.25, -0.2) is 4.68 Å². The Labute approximate surface area is 138 Å². The third-order valence-corrected chi connectivity index (χ3v) is 3.79. The second kappa shape index (κ2) is 6.29. The van der Waals surface area contributed by atoms with E-state index in [4.69, 9.17) is 17.3 Å². The first-order valence-electron chi connectivity index (χ1n) is 7.22. The molecule has 0 saturated carbocycles. The summed E-state index contributed by atoms with van der Waals surface area (Å²) in [6.07, 6.45) is 0.0730. The van der Waals surface area contributed by atoms with E-state index in [-0.39, 0.29) is 18.7 Å². The average molecular weight is 334 g/mol. The van der Waals surface area contributed by atoms with Crippen molar-refractivity contribution in [2.24, 2.45) is 5.73 Å². The quantitative estimate of drug-likeness (QED) is 0.873. The lowest BCUT2D eigenvalue weighted by Gasteiger charge is -2.17. The Hall–Kier alpha value is -2.54. The highest BCUT2D eigenvalue weighted by Gasteiger charge is 2.23. The molecule has 1 aliphatic rings. The van der Waals surface area contributed by atoms with Crippen LogP contribution in [-0.2, 0) is 16.1 Å². The standard InChI is InChI=1S/C15H16ClN5O2/c16-10-2-1-3-11(8-10)20-6-7-21-15(20)9-13(19-21)18-14(23)5-4-12(17)22/h1-3,8-9H,4-7H2,(H2,17,22)(H,18,19,23). The lowest BCUT2D eigenvalue weighted by molar-refractivity contribution is -0.122. The maximum absolute atomic E-state index is 11.7. The van der Waals surface area contributed by atoms with Crippen LogP contribution in [0.3, 0.4) is 0 Å². The van der Waals surface area contributed by atoms with Gasteiger partial charge in [0, 0.05) is 36.2 Å². The lowest BCUT2D eigenvalue weighted by Crippen LogP contribution is -2.18. The average Bonchev–Trinajstić information content (AvgIpc) is 3.04. The molecule has 1 aliphatic heterocycles. The van der Waals surface area contributed by atoms with Crippen LogP contribution in [-0.4, -0.2) is 28.1 Å². The van der Waals surface area contributed by atoms with Gasteiger partial charge < -0.3 is 16.0 Å². The molecular weight excluding hydrogens is 318 g/mol. The van der Waals surface area contributed by atoms with E-state index in [1.54, 1.807) is 6.07 Å². The summed E-state index contributed by atoms with van der Waals surface area (Å²) in [5.74, 6) is 0.563. The van der Waals surface area contributed by atoms with Crippen LogP contribution in [0.25, 0.3) is 0 Å². The Balaban J connectivity index is 1.73. The number of primary amides is 1. The number of carbonyl (C=O) groups excluding carboxylic acids is 2. The lowest BCUT2D eigenvalue weighted by atomic mass is 10.3. The van der Waals surface area contributed by atoms with Crippen molar-refractivity contribution in [2.45, 2.75) is 19.4 Å². The van der Waals surface area contributed by atoms with Crippen LogP contribution in [0, 0.1) is 0 Å². The fourth-order valence-corrected chi connectivity index (χ4v) is 2.69. The van der Waals surface area contributed by atoms with Crippen molar-refractivity contribution >= 4 is 40.7 Å². The van der Waals surface area contributed by atoms with Gasteiger partial charge in [-0.3, -0.25) is 9.59 Å². The van der Waals surface area contributed by atoms with Gasteiger partial charge in [-0.15, -0.1) is 0 Å². The molecule has 1 aromatic carbocycles. The van der Waals surface area contributed by atoms with Crippen LogP contribution in [0.1, 0.15) is 12.8 Å². The summed E-state index contributed by atoms with van der Waals surface area (Å²) >= 11 is 6.04. The zero-order valence-electron chi connectivity index (χ0n) is 12.3. The number of aromatic nitrogens is 2. The van der Waals surface area contributed by atoms with E-state index in [1.165, 1.54) is 0 Å². The molecule has 120 valence electrons. The predicted molar refractivity (Wildman–Crippen MR) is 87.7 cm³/mol. The number of carbonyl (C=O) groups is 2. The molecule has 2 aromatic rings. The number of hydrogen-bond donors (Lipinski definition) is 2. The first kappa shape index (κ1) is 15.4. The molecule has 7 nitrogen and oxygen atoms in total. The molecule has 0 unspecified atom stereocenters. The summed E-state index contributed by atoms with van der Waals surface area (Å²) in [5.41, 5.74) is 6.01. The summed E-state index contributed by atoms with van der Waals surface area (Å²) in [6.45, 7) is 1.51. The van der Waals surface area contributed by atoms with E-state index in [2.05, 4.69) is 15.3 Å². The molecular formula is C15H16ClN5O2. The predicted octanol–water partition coefficient (Wildman–Crippen LogP) is 1.89. The van der Waals surface area contributed by atoms with Gasteiger partial charge in [-0.1, -0.05) is 17.7 Å². The van der Waals surface area contributed by atoms with E-state index in [9.17, 15) is 9.59 Å². The van der Waals surface area contributed by atoms with Crippen LogP contribution in [0.5, 0.6) is 0 Å². The number of nitrogens with zero attached hydrogens (tertiary/aromatic N) is 3. The summed E-state index contributed by atoms with van der Waals surface area (Å²) in [4.78, 5) is 24.5. The van der Waals surface area contributed by atoms with E-state index >= 15 is 0 Å². The normalized spacial score (nSPS) is 13.0. The van der Waals surface area contributed by atoms with Crippen LogP contribution in [0.15, 0.2) is 30.3 Å². The van der Waals surface area contributed by atoms with Crippen LogP contribution >= 0.6 is 11.6 Å². The van der Waals surface area contributed by atoms with Crippen LogP contribution < -0.4 is 16.0 Å². The number of anilines is 3. The number of benzene rings is 1. The smallest absolute Gasteiger partial charge is 0.226 e. The molecule has 2 amide bonds. The third kappa shape index (κ3) is 3.45. The molecule has 3 N–H and O–H groups in total. The molecule has 0 aliphatic carbocycles. The molecule has 23 heavy (non-hydrogen) atoms.